The minimum atomic E-state index is -0.233. The van der Waals surface area contributed by atoms with E-state index >= 15 is 0 Å². The molecule has 4 nitrogen and oxygen atoms in total. The normalized spacial score (nSPS) is 22.6. The van der Waals surface area contributed by atoms with Crippen molar-refractivity contribution in [1.82, 2.24) is 4.90 Å². The van der Waals surface area contributed by atoms with Gasteiger partial charge in [0.1, 0.15) is 0 Å². The number of aliphatic imine (C=N–C) groups is 1. The van der Waals surface area contributed by atoms with Crippen LogP contribution in [0.15, 0.2) is 4.99 Å². The molecule has 1 aliphatic heterocycles. The molecule has 4 heteroatoms. The Hall–Kier alpha value is -0.740. The quantitative estimate of drug-likeness (QED) is 0.736. The Labute approximate surface area is 98.2 Å². The maximum absolute atomic E-state index is 8.18. The highest BCUT2D eigenvalue weighted by molar-refractivity contribution is 6.33. The van der Waals surface area contributed by atoms with Gasteiger partial charge in [-0.1, -0.05) is 13.8 Å². The summed E-state index contributed by atoms with van der Waals surface area (Å²) in [5.74, 6) is 0.385. The molecule has 0 aromatic heterocycles. The summed E-state index contributed by atoms with van der Waals surface area (Å²) in [4.78, 5) is 6.31. The lowest BCUT2D eigenvalue weighted by molar-refractivity contribution is -0.00692. The number of hydrogen-bond acceptors (Lipinski definition) is 4. The molecule has 1 atom stereocenters. The summed E-state index contributed by atoms with van der Waals surface area (Å²) < 4.78 is 5.37. The number of ether oxygens (including phenoxy) is 1. The van der Waals surface area contributed by atoms with Crippen LogP contribution in [-0.4, -0.2) is 55.7 Å². The third kappa shape index (κ3) is 2.50. The molecule has 0 aromatic rings. The average molecular weight is 225 g/mol. The van der Waals surface area contributed by atoms with Crippen molar-refractivity contribution >= 4 is 11.9 Å². The topological polar surface area (TPSA) is 48.7 Å². The first-order chi connectivity index (χ1) is 7.53. The van der Waals surface area contributed by atoms with Gasteiger partial charge < -0.3 is 10.1 Å². The molecular formula is C12H23N3O. The number of morpholine rings is 1. The van der Waals surface area contributed by atoms with Gasteiger partial charge in [0.05, 0.1) is 24.5 Å². The largest absolute Gasteiger partial charge is 0.379 e. The van der Waals surface area contributed by atoms with Gasteiger partial charge in [-0.3, -0.25) is 9.89 Å². The minimum absolute atomic E-state index is 0.233. The van der Waals surface area contributed by atoms with E-state index in [1.54, 1.807) is 13.3 Å². The van der Waals surface area contributed by atoms with Gasteiger partial charge in [-0.05, 0) is 12.8 Å². The summed E-state index contributed by atoms with van der Waals surface area (Å²) >= 11 is 0. The zero-order valence-corrected chi connectivity index (χ0v) is 10.8. The van der Waals surface area contributed by atoms with Crippen LogP contribution in [0.25, 0.3) is 0 Å². The standard InChI is InChI=1S/C12H23N3O/c1-10(2)12(3,11(13)9-14-4)15-5-7-16-8-6-15/h9-10,13H,5-8H2,1-4H3/t12-/m1/s1. The van der Waals surface area contributed by atoms with E-state index in [2.05, 4.69) is 30.7 Å². The van der Waals surface area contributed by atoms with E-state index < -0.39 is 0 Å². The van der Waals surface area contributed by atoms with E-state index in [0.717, 1.165) is 26.3 Å². The Kier molecular flexibility index (Phi) is 4.62. The molecule has 0 aromatic carbocycles. The molecular weight excluding hydrogens is 202 g/mol. The van der Waals surface area contributed by atoms with Crippen molar-refractivity contribution in [2.75, 3.05) is 33.4 Å². The first kappa shape index (κ1) is 13.3. The SMILES string of the molecule is CN=CC(=N)[C@@](C)(C(C)C)N1CCOCC1. The molecule has 1 fully saturated rings. The van der Waals surface area contributed by atoms with Gasteiger partial charge in [0, 0.05) is 26.4 Å². The zero-order valence-electron chi connectivity index (χ0n) is 10.8. The van der Waals surface area contributed by atoms with Crippen molar-refractivity contribution in [3.8, 4) is 0 Å². The van der Waals surface area contributed by atoms with Gasteiger partial charge in [-0.15, -0.1) is 0 Å². The van der Waals surface area contributed by atoms with Crippen molar-refractivity contribution in [1.29, 1.82) is 5.41 Å². The highest BCUT2D eigenvalue weighted by atomic mass is 16.5. The predicted molar refractivity (Wildman–Crippen MR) is 67.8 cm³/mol. The Balaban J connectivity index is 2.90. The van der Waals surface area contributed by atoms with Crippen LogP contribution in [0.5, 0.6) is 0 Å². The van der Waals surface area contributed by atoms with Crippen molar-refractivity contribution in [3.05, 3.63) is 0 Å². The molecule has 0 spiro atoms. The Morgan fingerprint density at radius 3 is 2.44 bits per heavy atom. The molecule has 0 saturated carbocycles. The molecule has 92 valence electrons. The number of nitrogens with one attached hydrogen (secondary N) is 1. The fraction of sp³-hybridized carbons (Fsp3) is 0.833. The van der Waals surface area contributed by atoms with Crippen LogP contribution in [-0.2, 0) is 4.74 Å². The smallest absolute Gasteiger partial charge is 0.0694 e. The third-order valence-electron chi connectivity index (χ3n) is 3.60. The molecule has 0 amide bonds. The molecule has 16 heavy (non-hydrogen) atoms. The second-order valence-electron chi connectivity index (χ2n) is 4.70. The number of nitrogens with zero attached hydrogens (tertiary/aromatic N) is 2. The first-order valence-electron chi connectivity index (χ1n) is 5.87. The van der Waals surface area contributed by atoms with Crippen LogP contribution in [0.3, 0.4) is 0 Å². The van der Waals surface area contributed by atoms with Gasteiger partial charge in [-0.25, -0.2) is 0 Å². The van der Waals surface area contributed by atoms with E-state index in [9.17, 15) is 0 Å². The lowest BCUT2D eigenvalue weighted by atomic mass is 9.82. The fourth-order valence-electron chi connectivity index (χ4n) is 2.13. The summed E-state index contributed by atoms with van der Waals surface area (Å²) in [6.07, 6.45) is 1.66. The minimum Gasteiger partial charge on any atom is -0.379 e. The van der Waals surface area contributed by atoms with E-state index in [0.29, 0.717) is 11.6 Å². The van der Waals surface area contributed by atoms with E-state index in [-0.39, 0.29) is 5.54 Å². The Morgan fingerprint density at radius 2 is 2.00 bits per heavy atom. The lowest BCUT2D eigenvalue weighted by Gasteiger charge is -2.45. The summed E-state index contributed by atoms with van der Waals surface area (Å²) in [7, 11) is 1.72. The second-order valence-corrected chi connectivity index (χ2v) is 4.70. The fourth-order valence-corrected chi connectivity index (χ4v) is 2.13. The number of rotatable bonds is 4. The monoisotopic (exact) mass is 225 g/mol. The maximum atomic E-state index is 8.18. The van der Waals surface area contributed by atoms with Crippen molar-refractivity contribution in [2.24, 2.45) is 10.9 Å². The van der Waals surface area contributed by atoms with Crippen LogP contribution < -0.4 is 0 Å². The summed E-state index contributed by atoms with van der Waals surface area (Å²) in [5.41, 5.74) is 0.357. The molecule has 1 saturated heterocycles. The summed E-state index contributed by atoms with van der Waals surface area (Å²) in [6, 6.07) is 0. The Bertz CT molecular complexity index is 269. The maximum Gasteiger partial charge on any atom is 0.0694 e. The highest BCUT2D eigenvalue weighted by Gasteiger charge is 2.39. The van der Waals surface area contributed by atoms with E-state index in [4.69, 9.17) is 10.1 Å². The van der Waals surface area contributed by atoms with Gasteiger partial charge in [-0.2, -0.15) is 0 Å². The van der Waals surface area contributed by atoms with Crippen LogP contribution in [0.4, 0.5) is 0 Å². The molecule has 1 heterocycles. The highest BCUT2D eigenvalue weighted by Crippen LogP contribution is 2.26. The summed E-state index contributed by atoms with van der Waals surface area (Å²) in [5, 5.41) is 8.18. The van der Waals surface area contributed by atoms with Crippen LogP contribution in [0.2, 0.25) is 0 Å². The predicted octanol–water partition coefficient (Wildman–Crippen LogP) is 1.45. The molecule has 0 aliphatic carbocycles. The van der Waals surface area contributed by atoms with Crippen LogP contribution in [0.1, 0.15) is 20.8 Å². The van der Waals surface area contributed by atoms with Crippen molar-refractivity contribution < 1.29 is 4.74 Å². The van der Waals surface area contributed by atoms with Gasteiger partial charge in [0.2, 0.25) is 0 Å². The van der Waals surface area contributed by atoms with Gasteiger partial charge >= 0.3 is 0 Å². The number of hydrogen-bond donors (Lipinski definition) is 1. The van der Waals surface area contributed by atoms with E-state index in [1.165, 1.54) is 0 Å². The Morgan fingerprint density at radius 1 is 1.44 bits per heavy atom. The lowest BCUT2D eigenvalue weighted by Crippen LogP contribution is -2.59. The van der Waals surface area contributed by atoms with Crippen LogP contribution >= 0.6 is 0 Å². The third-order valence-corrected chi connectivity index (χ3v) is 3.60. The van der Waals surface area contributed by atoms with Gasteiger partial charge in [0.15, 0.2) is 0 Å². The summed E-state index contributed by atoms with van der Waals surface area (Å²) in [6.45, 7) is 9.77. The molecule has 1 N–H and O–H groups in total. The first-order valence-corrected chi connectivity index (χ1v) is 5.87. The van der Waals surface area contributed by atoms with Crippen molar-refractivity contribution in [3.63, 3.8) is 0 Å². The van der Waals surface area contributed by atoms with Crippen molar-refractivity contribution in [2.45, 2.75) is 26.3 Å². The molecule has 0 radical (unpaired) electrons. The average Bonchev–Trinajstić information content (AvgIpc) is 2.29. The second kappa shape index (κ2) is 5.55. The van der Waals surface area contributed by atoms with E-state index in [1.807, 2.05) is 0 Å². The van der Waals surface area contributed by atoms with Crippen LogP contribution in [0, 0.1) is 11.3 Å². The zero-order chi connectivity index (χ0) is 12.2. The van der Waals surface area contributed by atoms with Gasteiger partial charge in [0.25, 0.3) is 0 Å². The molecule has 1 aliphatic rings. The molecule has 1 rings (SSSR count). The molecule has 0 bridgehead atoms. The molecule has 0 unspecified atom stereocenters.